The lowest BCUT2D eigenvalue weighted by atomic mass is 9.84. The Kier molecular flexibility index (Phi) is 2.44. The molecule has 0 aromatic rings. The molecule has 0 saturated carbocycles. The van der Waals surface area contributed by atoms with Crippen molar-refractivity contribution in [3.05, 3.63) is 23.3 Å². The molecule has 0 aliphatic heterocycles. The minimum Gasteiger partial charge on any atom is -0.480 e. The van der Waals surface area contributed by atoms with Gasteiger partial charge in [0, 0.05) is 12.0 Å². The molecule has 1 rings (SSSR count). The first-order valence-corrected chi connectivity index (χ1v) is 4.01. The molecule has 0 bridgehead atoms. The van der Waals surface area contributed by atoms with Gasteiger partial charge < -0.3 is 15.9 Å². The molecule has 4 N–H and O–H groups in total. The summed E-state index contributed by atoms with van der Waals surface area (Å²) in [5.41, 5.74) is 4.51. The maximum Gasteiger partial charge on any atom is 0.331 e. The lowest BCUT2D eigenvalue weighted by Crippen LogP contribution is -2.48. The monoisotopic (exact) mass is 197 g/mol. The summed E-state index contributed by atoms with van der Waals surface area (Å²) in [4.78, 5) is 21.5. The van der Waals surface area contributed by atoms with Crippen molar-refractivity contribution in [1.29, 1.82) is 0 Å². The number of carbonyl (C=O) groups is 2. The van der Waals surface area contributed by atoms with E-state index in [4.69, 9.17) is 15.9 Å². The van der Waals surface area contributed by atoms with E-state index in [0.29, 0.717) is 5.57 Å². The molecule has 0 radical (unpaired) electrons. The fourth-order valence-corrected chi connectivity index (χ4v) is 1.26. The zero-order valence-electron chi connectivity index (χ0n) is 7.65. The van der Waals surface area contributed by atoms with E-state index in [1.165, 1.54) is 12.2 Å². The molecule has 0 spiro atoms. The van der Waals surface area contributed by atoms with E-state index in [2.05, 4.69) is 0 Å². The highest BCUT2D eigenvalue weighted by Gasteiger charge is 2.36. The van der Waals surface area contributed by atoms with Crippen molar-refractivity contribution in [3.63, 3.8) is 0 Å². The SMILES string of the molecule is CC1=C(C(=O)O)CC(N)(C(=O)O)C=C1. The van der Waals surface area contributed by atoms with Gasteiger partial charge in [-0.15, -0.1) is 0 Å². The third-order valence-electron chi connectivity index (χ3n) is 2.23. The van der Waals surface area contributed by atoms with Gasteiger partial charge in [0.15, 0.2) is 0 Å². The number of aliphatic carboxylic acids is 2. The zero-order chi connectivity index (χ0) is 10.9. The summed E-state index contributed by atoms with van der Waals surface area (Å²) in [7, 11) is 0. The number of rotatable bonds is 2. The average molecular weight is 197 g/mol. The van der Waals surface area contributed by atoms with Crippen LogP contribution in [0.5, 0.6) is 0 Å². The summed E-state index contributed by atoms with van der Waals surface area (Å²) in [6, 6.07) is 0. The number of nitrogens with two attached hydrogens (primary N) is 1. The Hall–Kier alpha value is -1.62. The molecule has 5 heteroatoms. The highest BCUT2D eigenvalue weighted by Crippen LogP contribution is 2.25. The number of allylic oxidation sites excluding steroid dienone is 2. The second-order valence-electron chi connectivity index (χ2n) is 3.32. The topological polar surface area (TPSA) is 101 Å². The van der Waals surface area contributed by atoms with Gasteiger partial charge in [0.25, 0.3) is 0 Å². The first kappa shape index (κ1) is 10.5. The predicted octanol–water partition coefficient (Wildman–Crippen LogP) is 0.129. The van der Waals surface area contributed by atoms with Crippen molar-refractivity contribution in [2.75, 3.05) is 0 Å². The van der Waals surface area contributed by atoms with Crippen LogP contribution in [-0.4, -0.2) is 27.7 Å². The van der Waals surface area contributed by atoms with Gasteiger partial charge in [0.1, 0.15) is 5.54 Å². The molecule has 76 valence electrons. The molecule has 1 aliphatic carbocycles. The average Bonchev–Trinajstić information content (AvgIpc) is 2.09. The number of carboxylic acids is 2. The summed E-state index contributed by atoms with van der Waals surface area (Å²) in [5, 5.41) is 17.6. The second kappa shape index (κ2) is 3.26. The van der Waals surface area contributed by atoms with Crippen LogP contribution in [0.15, 0.2) is 23.3 Å². The second-order valence-corrected chi connectivity index (χ2v) is 3.32. The van der Waals surface area contributed by atoms with Gasteiger partial charge in [0.05, 0.1) is 0 Å². The van der Waals surface area contributed by atoms with E-state index in [-0.39, 0.29) is 12.0 Å². The van der Waals surface area contributed by atoms with Crippen LogP contribution in [0.4, 0.5) is 0 Å². The van der Waals surface area contributed by atoms with Gasteiger partial charge in [-0.05, 0) is 12.5 Å². The van der Waals surface area contributed by atoms with Crippen LogP contribution in [0.1, 0.15) is 13.3 Å². The van der Waals surface area contributed by atoms with Gasteiger partial charge in [-0.3, -0.25) is 0 Å². The maximum atomic E-state index is 10.8. The van der Waals surface area contributed by atoms with E-state index in [1.54, 1.807) is 6.92 Å². The molecule has 1 aliphatic rings. The van der Waals surface area contributed by atoms with E-state index in [1.807, 2.05) is 0 Å². The summed E-state index contributed by atoms with van der Waals surface area (Å²) < 4.78 is 0. The molecular formula is C9H11NO4. The summed E-state index contributed by atoms with van der Waals surface area (Å²) in [6.45, 7) is 1.61. The highest BCUT2D eigenvalue weighted by molar-refractivity contribution is 5.92. The molecule has 0 heterocycles. The van der Waals surface area contributed by atoms with Crippen molar-refractivity contribution >= 4 is 11.9 Å². The fourth-order valence-electron chi connectivity index (χ4n) is 1.26. The molecule has 1 unspecified atom stereocenters. The molecule has 0 aromatic heterocycles. The van der Waals surface area contributed by atoms with E-state index in [0.717, 1.165) is 0 Å². The molecule has 0 amide bonds. The number of hydrogen-bond donors (Lipinski definition) is 3. The first-order chi connectivity index (χ1) is 6.37. The molecular weight excluding hydrogens is 186 g/mol. The minimum absolute atomic E-state index is 0.0531. The lowest BCUT2D eigenvalue weighted by Gasteiger charge is -2.25. The standard InChI is InChI=1S/C9H11NO4/c1-5-2-3-9(10,8(13)14)4-6(5)7(11)12/h2-3H,4,10H2,1H3,(H,11,12)(H,13,14). The molecule has 14 heavy (non-hydrogen) atoms. The van der Waals surface area contributed by atoms with Crippen molar-refractivity contribution in [1.82, 2.24) is 0 Å². The third kappa shape index (κ3) is 1.67. The summed E-state index contributed by atoms with van der Waals surface area (Å²) in [5.74, 6) is -2.34. The van der Waals surface area contributed by atoms with Crippen LogP contribution in [-0.2, 0) is 9.59 Å². The zero-order valence-corrected chi connectivity index (χ0v) is 7.65. The Balaban J connectivity index is 3.07. The van der Waals surface area contributed by atoms with Crippen LogP contribution in [0.25, 0.3) is 0 Å². The third-order valence-corrected chi connectivity index (χ3v) is 2.23. The normalized spacial score (nSPS) is 26.4. The van der Waals surface area contributed by atoms with Crippen molar-refractivity contribution in [2.45, 2.75) is 18.9 Å². The van der Waals surface area contributed by atoms with E-state index in [9.17, 15) is 9.59 Å². The predicted molar refractivity (Wildman–Crippen MR) is 48.6 cm³/mol. The van der Waals surface area contributed by atoms with Crippen LogP contribution >= 0.6 is 0 Å². The minimum atomic E-state index is -1.59. The largest absolute Gasteiger partial charge is 0.480 e. The van der Waals surface area contributed by atoms with Gasteiger partial charge in [-0.2, -0.15) is 0 Å². The van der Waals surface area contributed by atoms with Crippen LogP contribution in [0.3, 0.4) is 0 Å². The highest BCUT2D eigenvalue weighted by atomic mass is 16.4. The lowest BCUT2D eigenvalue weighted by molar-refractivity contribution is -0.141. The van der Waals surface area contributed by atoms with Crippen LogP contribution in [0, 0.1) is 0 Å². The molecule has 0 fully saturated rings. The smallest absolute Gasteiger partial charge is 0.331 e. The van der Waals surface area contributed by atoms with E-state index >= 15 is 0 Å². The Morgan fingerprint density at radius 2 is 2.07 bits per heavy atom. The maximum absolute atomic E-state index is 10.8. The van der Waals surface area contributed by atoms with Gasteiger partial charge >= 0.3 is 11.9 Å². The molecule has 0 aromatic carbocycles. The summed E-state index contributed by atoms with van der Waals surface area (Å²) >= 11 is 0. The fraction of sp³-hybridized carbons (Fsp3) is 0.333. The number of hydrogen-bond acceptors (Lipinski definition) is 3. The molecule has 5 nitrogen and oxygen atoms in total. The summed E-state index contributed by atoms with van der Waals surface area (Å²) in [6.07, 6.45) is 2.57. The first-order valence-electron chi connectivity index (χ1n) is 4.01. The Labute approximate surface area is 80.5 Å². The Morgan fingerprint density at radius 3 is 2.50 bits per heavy atom. The van der Waals surface area contributed by atoms with Crippen molar-refractivity contribution < 1.29 is 19.8 Å². The van der Waals surface area contributed by atoms with Gasteiger partial charge in [0.2, 0.25) is 0 Å². The molecule has 0 saturated heterocycles. The Morgan fingerprint density at radius 1 is 1.50 bits per heavy atom. The quantitative estimate of drug-likeness (QED) is 0.584. The van der Waals surface area contributed by atoms with Gasteiger partial charge in [-0.25, -0.2) is 9.59 Å². The molecule has 1 atom stereocenters. The number of carboxylic acid groups (broad SMARTS) is 2. The van der Waals surface area contributed by atoms with E-state index < -0.39 is 17.5 Å². The Bertz CT molecular complexity index is 356. The van der Waals surface area contributed by atoms with Crippen molar-refractivity contribution in [2.24, 2.45) is 5.73 Å². The van der Waals surface area contributed by atoms with Gasteiger partial charge in [-0.1, -0.05) is 12.2 Å². The van der Waals surface area contributed by atoms with Crippen molar-refractivity contribution in [3.8, 4) is 0 Å². The van der Waals surface area contributed by atoms with Crippen LogP contribution in [0.2, 0.25) is 0 Å². The van der Waals surface area contributed by atoms with Crippen LogP contribution < -0.4 is 5.73 Å².